The average Bonchev–Trinajstić information content (AvgIpc) is 2.87. The van der Waals surface area contributed by atoms with Crippen LogP contribution in [0.15, 0.2) is 45.7 Å². The second-order valence-electron chi connectivity index (χ2n) is 5.28. The van der Waals surface area contributed by atoms with Gasteiger partial charge in [-0.15, -0.1) is 0 Å². The smallest absolute Gasteiger partial charge is 0.262 e. The van der Waals surface area contributed by atoms with Crippen LogP contribution in [0.4, 0.5) is 4.39 Å². The van der Waals surface area contributed by atoms with Gasteiger partial charge in [0, 0.05) is 25.4 Å². The summed E-state index contributed by atoms with van der Waals surface area (Å²) in [5, 5.41) is 2.87. The first-order valence-electron chi connectivity index (χ1n) is 7.09. The summed E-state index contributed by atoms with van der Waals surface area (Å²) < 4.78 is 20.5. The van der Waals surface area contributed by atoms with Crippen molar-refractivity contribution in [3.8, 4) is 0 Å². The normalized spacial score (nSPS) is 10.9. The highest BCUT2D eigenvalue weighted by molar-refractivity contribution is 6.06. The quantitative estimate of drug-likeness (QED) is 0.808. The van der Waals surface area contributed by atoms with Gasteiger partial charge in [-0.3, -0.25) is 9.59 Å². The first kappa shape index (κ1) is 15.0. The average molecular weight is 314 g/mol. The minimum atomic E-state index is -0.465. The first-order valence-corrected chi connectivity index (χ1v) is 7.09. The van der Waals surface area contributed by atoms with E-state index >= 15 is 0 Å². The molecule has 0 spiro atoms. The standard InChI is InChI=1S/C17H15FN2O3/c1-10-14(15-13(23-10)7-8-20(2)17(15)22)16(21)19-9-11-5-3-4-6-12(11)18/h3-8H,9H2,1-2H3,(H,19,21). The number of carbonyl (C=O) groups is 1. The zero-order chi connectivity index (χ0) is 16.6. The number of hydrogen-bond acceptors (Lipinski definition) is 3. The Bertz CT molecular complexity index is 956. The minimum absolute atomic E-state index is 0.0325. The molecule has 0 aliphatic rings. The number of hydrogen-bond donors (Lipinski definition) is 1. The lowest BCUT2D eigenvalue weighted by Gasteiger charge is -2.06. The minimum Gasteiger partial charge on any atom is -0.460 e. The van der Waals surface area contributed by atoms with Gasteiger partial charge in [-0.25, -0.2) is 4.39 Å². The van der Waals surface area contributed by atoms with E-state index in [1.54, 1.807) is 44.4 Å². The third-order valence-electron chi connectivity index (χ3n) is 3.72. The molecular weight excluding hydrogens is 299 g/mol. The maximum absolute atomic E-state index is 13.6. The molecule has 0 bridgehead atoms. The van der Waals surface area contributed by atoms with Crippen molar-refractivity contribution < 1.29 is 13.6 Å². The van der Waals surface area contributed by atoms with Gasteiger partial charge in [-0.2, -0.15) is 0 Å². The van der Waals surface area contributed by atoms with Gasteiger partial charge < -0.3 is 14.3 Å². The van der Waals surface area contributed by atoms with E-state index in [4.69, 9.17) is 4.42 Å². The molecule has 2 aromatic heterocycles. The molecule has 5 nitrogen and oxygen atoms in total. The van der Waals surface area contributed by atoms with Crippen LogP contribution in [0.25, 0.3) is 11.0 Å². The Morgan fingerprint density at radius 3 is 2.78 bits per heavy atom. The molecule has 0 atom stereocenters. The van der Waals surface area contributed by atoms with Crippen molar-refractivity contribution in [3.63, 3.8) is 0 Å². The summed E-state index contributed by atoms with van der Waals surface area (Å²) in [7, 11) is 1.60. The molecule has 0 aliphatic heterocycles. The van der Waals surface area contributed by atoms with Gasteiger partial charge in [0.2, 0.25) is 0 Å². The molecule has 3 aromatic rings. The van der Waals surface area contributed by atoms with Gasteiger partial charge in [-0.05, 0) is 19.1 Å². The molecular formula is C17H15FN2O3. The molecule has 1 N–H and O–H groups in total. The third-order valence-corrected chi connectivity index (χ3v) is 3.72. The van der Waals surface area contributed by atoms with Gasteiger partial charge in [0.25, 0.3) is 11.5 Å². The van der Waals surface area contributed by atoms with Gasteiger partial charge >= 0.3 is 0 Å². The summed E-state index contributed by atoms with van der Waals surface area (Å²) in [4.78, 5) is 24.7. The van der Waals surface area contributed by atoms with Crippen molar-refractivity contribution in [2.75, 3.05) is 0 Å². The maximum atomic E-state index is 13.6. The van der Waals surface area contributed by atoms with E-state index in [-0.39, 0.29) is 23.1 Å². The number of halogens is 1. The molecule has 23 heavy (non-hydrogen) atoms. The molecule has 2 heterocycles. The molecule has 0 saturated heterocycles. The van der Waals surface area contributed by atoms with Crippen LogP contribution in [0.2, 0.25) is 0 Å². The molecule has 1 aromatic carbocycles. The second-order valence-corrected chi connectivity index (χ2v) is 5.28. The van der Waals surface area contributed by atoms with E-state index in [0.29, 0.717) is 16.9 Å². The van der Waals surface area contributed by atoms with Crippen LogP contribution in [0.3, 0.4) is 0 Å². The van der Waals surface area contributed by atoms with E-state index in [1.807, 2.05) is 0 Å². The monoisotopic (exact) mass is 314 g/mol. The van der Waals surface area contributed by atoms with Crippen LogP contribution in [-0.2, 0) is 13.6 Å². The number of benzene rings is 1. The largest absolute Gasteiger partial charge is 0.460 e. The van der Waals surface area contributed by atoms with Gasteiger partial charge in [0.05, 0.1) is 10.9 Å². The Labute approximate surface area is 131 Å². The molecule has 0 radical (unpaired) electrons. The van der Waals surface area contributed by atoms with Crippen LogP contribution in [-0.4, -0.2) is 10.5 Å². The Hall–Kier alpha value is -2.89. The number of nitrogens with one attached hydrogen (secondary N) is 1. The maximum Gasteiger partial charge on any atom is 0.262 e. The topological polar surface area (TPSA) is 64.2 Å². The van der Waals surface area contributed by atoms with Crippen molar-refractivity contribution in [1.29, 1.82) is 0 Å². The van der Waals surface area contributed by atoms with E-state index in [2.05, 4.69) is 5.32 Å². The van der Waals surface area contributed by atoms with Crippen LogP contribution in [0, 0.1) is 12.7 Å². The highest BCUT2D eigenvalue weighted by atomic mass is 19.1. The van der Waals surface area contributed by atoms with Crippen molar-refractivity contribution >= 4 is 16.9 Å². The SMILES string of the molecule is Cc1oc2ccn(C)c(=O)c2c1C(=O)NCc1ccccc1F. The predicted octanol–water partition coefficient (Wildman–Crippen LogP) is 2.51. The van der Waals surface area contributed by atoms with Crippen molar-refractivity contribution in [2.45, 2.75) is 13.5 Å². The zero-order valence-electron chi connectivity index (χ0n) is 12.7. The summed E-state index contributed by atoms with van der Waals surface area (Å²) in [6.45, 7) is 1.65. The Balaban J connectivity index is 1.95. The van der Waals surface area contributed by atoms with Crippen LogP contribution < -0.4 is 10.9 Å². The number of nitrogens with zero attached hydrogens (tertiary/aromatic N) is 1. The molecule has 0 saturated carbocycles. The lowest BCUT2D eigenvalue weighted by atomic mass is 10.1. The number of pyridine rings is 1. The highest BCUT2D eigenvalue weighted by Crippen LogP contribution is 2.22. The summed E-state index contributed by atoms with van der Waals surface area (Å²) in [5.74, 6) is -0.500. The number of carbonyl (C=O) groups excluding carboxylic acids is 1. The molecule has 6 heteroatoms. The number of aromatic nitrogens is 1. The summed E-state index contributed by atoms with van der Waals surface area (Å²) in [6.07, 6.45) is 1.58. The first-order chi connectivity index (χ1) is 11.0. The predicted molar refractivity (Wildman–Crippen MR) is 83.8 cm³/mol. The van der Waals surface area contributed by atoms with Crippen molar-refractivity contribution in [3.05, 3.63) is 69.6 Å². The lowest BCUT2D eigenvalue weighted by Crippen LogP contribution is -2.26. The third kappa shape index (κ3) is 2.63. The van der Waals surface area contributed by atoms with Gasteiger partial charge in [-0.1, -0.05) is 18.2 Å². The fourth-order valence-corrected chi connectivity index (χ4v) is 2.50. The van der Waals surface area contributed by atoms with Gasteiger partial charge in [0.1, 0.15) is 17.2 Å². The van der Waals surface area contributed by atoms with Crippen LogP contribution >= 0.6 is 0 Å². The Kier molecular flexibility index (Phi) is 3.73. The van der Waals surface area contributed by atoms with E-state index in [1.165, 1.54) is 10.6 Å². The second kappa shape index (κ2) is 5.72. The number of aryl methyl sites for hydroxylation is 2. The Morgan fingerprint density at radius 1 is 1.30 bits per heavy atom. The molecule has 1 amide bonds. The van der Waals surface area contributed by atoms with Crippen LogP contribution in [0.1, 0.15) is 21.7 Å². The molecule has 3 rings (SSSR count). The Morgan fingerprint density at radius 2 is 2.04 bits per heavy atom. The van der Waals surface area contributed by atoms with Gasteiger partial charge in [0.15, 0.2) is 0 Å². The fourth-order valence-electron chi connectivity index (χ4n) is 2.50. The number of amides is 1. The molecule has 0 aliphatic carbocycles. The van der Waals surface area contributed by atoms with E-state index in [0.717, 1.165) is 0 Å². The fraction of sp³-hybridized carbons (Fsp3) is 0.176. The van der Waals surface area contributed by atoms with Crippen LogP contribution in [0.5, 0.6) is 0 Å². The number of rotatable bonds is 3. The van der Waals surface area contributed by atoms with Crippen molar-refractivity contribution in [2.24, 2.45) is 7.05 Å². The highest BCUT2D eigenvalue weighted by Gasteiger charge is 2.21. The van der Waals surface area contributed by atoms with E-state index < -0.39 is 11.7 Å². The summed E-state index contributed by atoms with van der Waals surface area (Å²) >= 11 is 0. The zero-order valence-corrected chi connectivity index (χ0v) is 12.7. The van der Waals surface area contributed by atoms with E-state index in [9.17, 15) is 14.0 Å². The van der Waals surface area contributed by atoms with Crippen molar-refractivity contribution in [1.82, 2.24) is 9.88 Å². The summed E-state index contributed by atoms with van der Waals surface area (Å²) in [6, 6.07) is 7.83. The number of fused-ring (bicyclic) bond motifs is 1. The number of furan rings is 1. The molecule has 0 unspecified atom stereocenters. The molecule has 0 fully saturated rings. The lowest BCUT2D eigenvalue weighted by molar-refractivity contribution is 0.0950. The molecule has 118 valence electrons. The summed E-state index contributed by atoms with van der Waals surface area (Å²) in [5.41, 5.74) is 0.619.